The highest BCUT2D eigenvalue weighted by Crippen LogP contribution is 2.27. The average molecular weight is 403 g/mol. The number of hydrogen-bond donors (Lipinski definition) is 1. The smallest absolute Gasteiger partial charge is 0.234 e. The quantitative estimate of drug-likeness (QED) is 0.553. The summed E-state index contributed by atoms with van der Waals surface area (Å²) >= 11 is 2.98. The normalized spacial score (nSPS) is 11.1. The number of rotatable bonds is 8. The van der Waals surface area contributed by atoms with E-state index in [1.165, 1.54) is 11.8 Å². The van der Waals surface area contributed by atoms with E-state index >= 15 is 0 Å². The number of benzene rings is 1. The summed E-state index contributed by atoms with van der Waals surface area (Å²) in [5.41, 5.74) is 0.829. The van der Waals surface area contributed by atoms with Gasteiger partial charge in [-0.25, -0.2) is 0 Å². The van der Waals surface area contributed by atoms with Crippen LogP contribution in [0.1, 0.15) is 13.8 Å². The molecule has 0 fully saturated rings. The Morgan fingerprint density at radius 2 is 2.04 bits per heavy atom. The van der Waals surface area contributed by atoms with Gasteiger partial charge in [0.2, 0.25) is 5.91 Å². The van der Waals surface area contributed by atoms with Crippen LogP contribution >= 0.6 is 23.5 Å². The molecule has 0 aliphatic carbocycles. The van der Waals surface area contributed by atoms with Crippen LogP contribution in [0.5, 0.6) is 0 Å². The number of furan rings is 1. The van der Waals surface area contributed by atoms with Crippen LogP contribution in [0.15, 0.2) is 57.1 Å². The zero-order valence-corrected chi connectivity index (χ0v) is 17.1. The van der Waals surface area contributed by atoms with Gasteiger partial charge in [0, 0.05) is 11.4 Å². The van der Waals surface area contributed by atoms with E-state index < -0.39 is 0 Å². The summed E-state index contributed by atoms with van der Waals surface area (Å²) in [6.07, 6.45) is 3.61. The van der Waals surface area contributed by atoms with Crippen molar-refractivity contribution in [2.45, 2.75) is 30.4 Å². The highest BCUT2D eigenvalue weighted by atomic mass is 32.2. The minimum absolute atomic E-state index is 0.0693. The summed E-state index contributed by atoms with van der Waals surface area (Å²) in [4.78, 5) is 13.4. The van der Waals surface area contributed by atoms with E-state index in [4.69, 9.17) is 4.42 Å². The predicted molar refractivity (Wildman–Crippen MR) is 110 cm³/mol. The molecule has 27 heavy (non-hydrogen) atoms. The molecular weight excluding hydrogens is 380 g/mol. The first kappa shape index (κ1) is 19.6. The van der Waals surface area contributed by atoms with Gasteiger partial charge in [0.1, 0.15) is 0 Å². The van der Waals surface area contributed by atoms with Crippen LogP contribution in [0, 0.1) is 5.92 Å². The number of para-hydroxylation sites is 1. The first-order chi connectivity index (χ1) is 13.1. The van der Waals surface area contributed by atoms with E-state index in [1.54, 1.807) is 18.0 Å². The van der Waals surface area contributed by atoms with Crippen LogP contribution in [0.3, 0.4) is 0 Å². The van der Waals surface area contributed by atoms with Crippen LogP contribution in [0.25, 0.3) is 11.6 Å². The summed E-state index contributed by atoms with van der Waals surface area (Å²) in [6.45, 7) is 5.02. The van der Waals surface area contributed by atoms with Gasteiger partial charge in [0.15, 0.2) is 16.7 Å². The third-order valence-electron chi connectivity index (χ3n) is 3.72. The van der Waals surface area contributed by atoms with Crippen LogP contribution in [-0.2, 0) is 11.3 Å². The number of anilines is 1. The Balaban J connectivity index is 1.71. The zero-order valence-electron chi connectivity index (χ0n) is 15.5. The molecule has 0 saturated heterocycles. The minimum atomic E-state index is -0.0693. The molecule has 0 atom stereocenters. The molecule has 1 amide bonds. The molecule has 0 aliphatic rings. The van der Waals surface area contributed by atoms with Gasteiger partial charge < -0.3 is 9.73 Å². The molecule has 3 rings (SSSR count). The number of aromatic nitrogens is 3. The van der Waals surface area contributed by atoms with Gasteiger partial charge in [-0.2, -0.15) is 0 Å². The number of carbonyl (C=O) groups excluding carboxylic acids is 1. The van der Waals surface area contributed by atoms with Crippen molar-refractivity contribution in [3.63, 3.8) is 0 Å². The largest absolute Gasteiger partial charge is 0.461 e. The molecule has 2 aromatic heterocycles. The molecule has 1 N–H and O–H groups in total. The molecule has 0 spiro atoms. The number of nitrogens with one attached hydrogen (secondary N) is 1. The third kappa shape index (κ3) is 4.95. The third-order valence-corrected chi connectivity index (χ3v) is 5.48. The number of nitrogens with zero attached hydrogens (tertiary/aromatic N) is 3. The Morgan fingerprint density at radius 1 is 1.22 bits per heavy atom. The van der Waals surface area contributed by atoms with E-state index in [0.717, 1.165) is 17.1 Å². The minimum Gasteiger partial charge on any atom is -0.461 e. The number of thioether (sulfide) groups is 2. The van der Waals surface area contributed by atoms with Crippen LogP contribution < -0.4 is 5.32 Å². The maximum absolute atomic E-state index is 12.4. The second kappa shape index (κ2) is 9.14. The van der Waals surface area contributed by atoms with Crippen molar-refractivity contribution in [3.8, 4) is 11.6 Å². The first-order valence-electron chi connectivity index (χ1n) is 8.61. The molecular formula is C19H22N4O2S2. The van der Waals surface area contributed by atoms with Crippen molar-refractivity contribution >= 4 is 35.1 Å². The van der Waals surface area contributed by atoms with E-state index in [0.29, 0.717) is 22.7 Å². The fraction of sp³-hybridized carbons (Fsp3) is 0.316. The van der Waals surface area contributed by atoms with Gasteiger partial charge in [-0.3, -0.25) is 9.36 Å². The van der Waals surface area contributed by atoms with Gasteiger partial charge in [-0.1, -0.05) is 37.7 Å². The Labute approximate surface area is 167 Å². The fourth-order valence-corrected chi connectivity index (χ4v) is 3.88. The lowest BCUT2D eigenvalue weighted by molar-refractivity contribution is -0.113. The molecule has 0 bridgehead atoms. The van der Waals surface area contributed by atoms with Crippen LogP contribution in [0.2, 0.25) is 0 Å². The Morgan fingerprint density at radius 3 is 2.74 bits per heavy atom. The molecule has 142 valence electrons. The maximum atomic E-state index is 12.4. The van der Waals surface area contributed by atoms with Gasteiger partial charge in [0.25, 0.3) is 0 Å². The highest BCUT2D eigenvalue weighted by Gasteiger charge is 2.18. The SMILES string of the molecule is CSc1ccccc1NC(=O)CSc1nnc(-c2ccco2)n1CC(C)C. The van der Waals surface area contributed by atoms with Gasteiger partial charge in [-0.05, 0) is 36.4 Å². The lowest BCUT2D eigenvalue weighted by atomic mass is 10.2. The van der Waals surface area contributed by atoms with E-state index in [9.17, 15) is 4.79 Å². The van der Waals surface area contributed by atoms with E-state index in [2.05, 4.69) is 29.4 Å². The molecule has 1 aromatic carbocycles. The maximum Gasteiger partial charge on any atom is 0.234 e. The topological polar surface area (TPSA) is 73.0 Å². The molecule has 8 heteroatoms. The van der Waals surface area contributed by atoms with Gasteiger partial charge in [0.05, 0.1) is 17.7 Å². The van der Waals surface area contributed by atoms with Crippen molar-refractivity contribution in [1.29, 1.82) is 0 Å². The Kier molecular flexibility index (Phi) is 6.63. The van der Waals surface area contributed by atoms with Crippen molar-refractivity contribution in [1.82, 2.24) is 14.8 Å². The molecule has 0 unspecified atom stereocenters. The van der Waals surface area contributed by atoms with Crippen molar-refractivity contribution < 1.29 is 9.21 Å². The van der Waals surface area contributed by atoms with Crippen molar-refractivity contribution in [3.05, 3.63) is 42.7 Å². The molecule has 0 saturated carbocycles. The summed E-state index contributed by atoms with van der Waals surface area (Å²) in [5, 5.41) is 12.2. The van der Waals surface area contributed by atoms with E-state index in [-0.39, 0.29) is 11.7 Å². The second-order valence-electron chi connectivity index (χ2n) is 6.33. The van der Waals surface area contributed by atoms with Crippen LogP contribution in [0.4, 0.5) is 5.69 Å². The molecule has 6 nitrogen and oxygen atoms in total. The van der Waals surface area contributed by atoms with Crippen molar-refractivity contribution in [2.24, 2.45) is 5.92 Å². The summed E-state index contributed by atoms with van der Waals surface area (Å²) in [7, 11) is 0. The number of hydrogen-bond acceptors (Lipinski definition) is 6. The summed E-state index contributed by atoms with van der Waals surface area (Å²) in [6, 6.07) is 11.5. The molecule has 3 aromatic rings. The average Bonchev–Trinajstić information content (AvgIpc) is 3.30. The second-order valence-corrected chi connectivity index (χ2v) is 8.12. The Hall–Kier alpha value is -2.19. The summed E-state index contributed by atoms with van der Waals surface area (Å²) in [5.74, 6) is 1.96. The highest BCUT2D eigenvalue weighted by molar-refractivity contribution is 7.99. The summed E-state index contributed by atoms with van der Waals surface area (Å²) < 4.78 is 7.48. The Bertz CT molecular complexity index is 891. The number of amides is 1. The first-order valence-corrected chi connectivity index (χ1v) is 10.8. The molecule has 0 aliphatic heterocycles. The standard InChI is InChI=1S/C19H22N4O2S2/c1-13(2)11-23-18(15-8-6-10-25-15)21-22-19(23)27-12-17(24)20-14-7-4-5-9-16(14)26-3/h4-10,13H,11-12H2,1-3H3,(H,20,24). The zero-order chi connectivity index (χ0) is 19.2. The fourth-order valence-electron chi connectivity index (χ4n) is 2.58. The van der Waals surface area contributed by atoms with Gasteiger partial charge >= 0.3 is 0 Å². The lowest BCUT2D eigenvalue weighted by Crippen LogP contribution is -2.15. The monoisotopic (exact) mass is 402 g/mol. The number of carbonyl (C=O) groups is 1. The van der Waals surface area contributed by atoms with Gasteiger partial charge in [-0.15, -0.1) is 22.0 Å². The lowest BCUT2D eigenvalue weighted by Gasteiger charge is -2.12. The molecule has 0 radical (unpaired) electrons. The molecule has 2 heterocycles. The predicted octanol–water partition coefficient (Wildman–Crippen LogP) is 4.65. The van der Waals surface area contributed by atoms with Crippen LogP contribution in [-0.4, -0.2) is 32.7 Å². The van der Waals surface area contributed by atoms with E-state index in [1.807, 2.05) is 47.2 Å². The van der Waals surface area contributed by atoms with Crippen molar-refractivity contribution in [2.75, 3.05) is 17.3 Å².